The first-order chi connectivity index (χ1) is 9.86. The molecule has 112 valence electrons. The number of ether oxygens (including phenoxy) is 2. The largest absolute Gasteiger partial charge is 0.468 e. The van der Waals surface area contributed by atoms with Gasteiger partial charge in [0.2, 0.25) is 5.91 Å². The average Bonchev–Trinajstić information content (AvgIpc) is 2.70. The van der Waals surface area contributed by atoms with Crippen molar-refractivity contribution in [3.05, 3.63) is 27.7 Å². The smallest absolute Gasteiger partial charge is 0.339 e. The molecule has 1 N–H and O–H groups in total. The molecule has 7 heteroatoms. The van der Waals surface area contributed by atoms with E-state index in [0.717, 1.165) is 0 Å². The van der Waals surface area contributed by atoms with Crippen LogP contribution in [0.5, 0.6) is 0 Å². The molecule has 1 aromatic carbocycles. The number of carbonyl (C=O) groups is 3. The number of nitrogens with one attached hydrogen (secondary N) is 1. The van der Waals surface area contributed by atoms with Gasteiger partial charge in [0.05, 0.1) is 19.3 Å². The molecule has 1 aromatic rings. The molecule has 0 radical (unpaired) electrons. The van der Waals surface area contributed by atoms with Crippen LogP contribution in [-0.4, -0.2) is 31.6 Å². The molecule has 6 nitrogen and oxygen atoms in total. The van der Waals surface area contributed by atoms with Gasteiger partial charge in [0.1, 0.15) is 0 Å². The molecule has 1 heterocycles. The lowest BCUT2D eigenvalue weighted by Crippen LogP contribution is -2.40. The number of benzene rings is 1. The molecular weight excluding hydrogens is 342 g/mol. The third-order valence-corrected chi connectivity index (χ3v) is 4.09. The maximum atomic E-state index is 12.1. The van der Waals surface area contributed by atoms with E-state index in [0.29, 0.717) is 15.7 Å². The molecule has 0 saturated carbocycles. The van der Waals surface area contributed by atoms with Gasteiger partial charge < -0.3 is 14.8 Å². The number of esters is 2. The predicted molar refractivity (Wildman–Crippen MR) is 78.1 cm³/mol. The van der Waals surface area contributed by atoms with Crippen LogP contribution in [0.4, 0.5) is 5.69 Å². The summed E-state index contributed by atoms with van der Waals surface area (Å²) in [6, 6.07) is 3.06. The molecular formula is C14H14BrNO5. The van der Waals surface area contributed by atoms with Crippen molar-refractivity contribution in [3.8, 4) is 0 Å². The van der Waals surface area contributed by atoms with Crippen LogP contribution in [0.3, 0.4) is 0 Å². The van der Waals surface area contributed by atoms with Crippen LogP contribution >= 0.6 is 15.9 Å². The molecule has 0 aromatic heterocycles. The van der Waals surface area contributed by atoms with Crippen LogP contribution in [0.2, 0.25) is 0 Å². The first-order valence-electron chi connectivity index (χ1n) is 6.27. The lowest BCUT2D eigenvalue weighted by atomic mass is 9.83. The van der Waals surface area contributed by atoms with Crippen LogP contribution in [-0.2, 0) is 24.5 Å². The molecule has 0 bridgehead atoms. The van der Waals surface area contributed by atoms with Gasteiger partial charge in [-0.15, -0.1) is 0 Å². The highest BCUT2D eigenvalue weighted by molar-refractivity contribution is 9.10. The molecule has 0 saturated heterocycles. The van der Waals surface area contributed by atoms with Crippen molar-refractivity contribution < 1.29 is 23.9 Å². The van der Waals surface area contributed by atoms with Crippen LogP contribution in [0.1, 0.15) is 29.8 Å². The predicted octanol–water partition coefficient (Wildman–Crippen LogP) is 2.01. The van der Waals surface area contributed by atoms with Gasteiger partial charge in [0.15, 0.2) is 5.41 Å². The number of methoxy groups -OCH3 is 1. The number of fused-ring (bicyclic) bond motifs is 1. The third-order valence-electron chi connectivity index (χ3n) is 3.44. The Balaban J connectivity index is 2.55. The highest BCUT2D eigenvalue weighted by atomic mass is 79.9. The van der Waals surface area contributed by atoms with Gasteiger partial charge in [-0.05, 0) is 41.9 Å². The van der Waals surface area contributed by atoms with E-state index >= 15 is 0 Å². The fourth-order valence-electron chi connectivity index (χ4n) is 2.23. The summed E-state index contributed by atoms with van der Waals surface area (Å²) in [7, 11) is 1.22. The minimum atomic E-state index is -1.43. The van der Waals surface area contributed by atoms with E-state index in [4.69, 9.17) is 9.47 Å². The quantitative estimate of drug-likeness (QED) is 0.662. The molecule has 1 aliphatic rings. The number of anilines is 1. The highest BCUT2D eigenvalue weighted by Crippen LogP contribution is 2.41. The normalized spacial score (nSPS) is 19.7. The molecule has 21 heavy (non-hydrogen) atoms. The Kier molecular flexibility index (Phi) is 4.04. The maximum absolute atomic E-state index is 12.1. The zero-order valence-electron chi connectivity index (χ0n) is 11.8. The van der Waals surface area contributed by atoms with Crippen LogP contribution in [0, 0.1) is 0 Å². The van der Waals surface area contributed by atoms with Crippen molar-refractivity contribution in [2.24, 2.45) is 0 Å². The Bertz CT molecular complexity index is 642. The molecule has 0 fully saturated rings. The summed E-state index contributed by atoms with van der Waals surface area (Å²) in [6.45, 7) is 3.43. The van der Waals surface area contributed by atoms with Gasteiger partial charge in [-0.2, -0.15) is 0 Å². The highest BCUT2D eigenvalue weighted by Gasteiger charge is 2.50. The molecule has 1 aliphatic heterocycles. The summed E-state index contributed by atoms with van der Waals surface area (Å²) in [4.78, 5) is 35.9. The number of carbonyl (C=O) groups excluding carboxylic acids is 3. The van der Waals surface area contributed by atoms with Crippen molar-refractivity contribution in [3.63, 3.8) is 0 Å². The lowest BCUT2D eigenvalue weighted by molar-refractivity contribution is -0.150. The average molecular weight is 356 g/mol. The van der Waals surface area contributed by atoms with Gasteiger partial charge in [0.25, 0.3) is 0 Å². The Morgan fingerprint density at radius 1 is 1.38 bits per heavy atom. The van der Waals surface area contributed by atoms with Crippen molar-refractivity contribution in [1.82, 2.24) is 0 Å². The molecule has 0 spiro atoms. The number of hydrogen-bond donors (Lipinski definition) is 1. The summed E-state index contributed by atoms with van der Waals surface area (Å²) in [5.74, 6) is -1.65. The molecule has 1 amide bonds. The second-order valence-electron chi connectivity index (χ2n) is 4.67. The van der Waals surface area contributed by atoms with E-state index in [9.17, 15) is 14.4 Å². The fourth-order valence-corrected chi connectivity index (χ4v) is 2.74. The Morgan fingerprint density at radius 3 is 2.62 bits per heavy atom. The molecule has 2 rings (SSSR count). The summed E-state index contributed by atoms with van der Waals surface area (Å²) in [5.41, 5.74) is -0.289. The van der Waals surface area contributed by atoms with Crippen LogP contribution in [0.25, 0.3) is 0 Å². The first kappa shape index (κ1) is 15.5. The summed E-state index contributed by atoms with van der Waals surface area (Å²) in [6.07, 6.45) is 0. The number of hydrogen-bond acceptors (Lipinski definition) is 5. The monoisotopic (exact) mass is 355 g/mol. The summed E-state index contributed by atoms with van der Waals surface area (Å²) < 4.78 is 10.1. The van der Waals surface area contributed by atoms with Crippen LogP contribution in [0.15, 0.2) is 16.6 Å². The van der Waals surface area contributed by atoms with Gasteiger partial charge in [-0.3, -0.25) is 9.59 Å². The second kappa shape index (κ2) is 5.48. The minimum absolute atomic E-state index is 0.245. The van der Waals surface area contributed by atoms with E-state index in [1.54, 1.807) is 13.0 Å². The zero-order valence-corrected chi connectivity index (χ0v) is 13.4. The third kappa shape index (κ3) is 2.31. The van der Waals surface area contributed by atoms with Gasteiger partial charge in [0, 0.05) is 15.7 Å². The molecule has 1 atom stereocenters. The first-order valence-corrected chi connectivity index (χ1v) is 7.06. The van der Waals surface area contributed by atoms with Gasteiger partial charge in [-0.25, -0.2) is 4.79 Å². The van der Waals surface area contributed by atoms with Gasteiger partial charge >= 0.3 is 11.9 Å². The van der Waals surface area contributed by atoms with E-state index in [-0.39, 0.29) is 12.2 Å². The lowest BCUT2D eigenvalue weighted by Gasteiger charge is -2.19. The number of rotatable bonds is 3. The van der Waals surface area contributed by atoms with Crippen molar-refractivity contribution in [2.45, 2.75) is 19.3 Å². The second-order valence-corrected chi connectivity index (χ2v) is 5.52. The summed E-state index contributed by atoms with van der Waals surface area (Å²) in [5, 5.41) is 2.60. The molecule has 0 aliphatic carbocycles. The SMILES string of the molecule is CCOC(=O)c1cc2c(cc1Br)C(C)(C(=O)OC)C(=O)N2. The fraction of sp³-hybridized carbons (Fsp3) is 0.357. The summed E-state index contributed by atoms with van der Waals surface area (Å²) >= 11 is 3.27. The van der Waals surface area contributed by atoms with E-state index < -0.39 is 23.3 Å². The Morgan fingerprint density at radius 2 is 2.05 bits per heavy atom. The topological polar surface area (TPSA) is 81.7 Å². The molecule has 1 unspecified atom stereocenters. The standard InChI is InChI=1S/C14H14BrNO5/c1-4-21-11(17)7-5-10-8(6-9(7)15)14(2,12(18)16-10)13(19)20-3/h5-6H,4H2,1-3H3,(H,16,18). The van der Waals surface area contributed by atoms with Crippen molar-refractivity contribution in [1.29, 1.82) is 0 Å². The van der Waals surface area contributed by atoms with E-state index in [1.807, 2.05) is 0 Å². The van der Waals surface area contributed by atoms with Gasteiger partial charge in [-0.1, -0.05) is 0 Å². The van der Waals surface area contributed by atoms with Crippen LogP contribution < -0.4 is 5.32 Å². The Hall–Kier alpha value is -1.89. The Labute approximate surface area is 129 Å². The minimum Gasteiger partial charge on any atom is -0.468 e. The van der Waals surface area contributed by atoms with Crippen molar-refractivity contribution in [2.75, 3.05) is 19.0 Å². The zero-order chi connectivity index (χ0) is 15.8. The number of amides is 1. The van der Waals surface area contributed by atoms with E-state index in [2.05, 4.69) is 21.2 Å². The van der Waals surface area contributed by atoms with E-state index in [1.165, 1.54) is 20.1 Å². The number of halogens is 1. The maximum Gasteiger partial charge on any atom is 0.339 e. The van der Waals surface area contributed by atoms with Crippen molar-refractivity contribution >= 4 is 39.5 Å².